The van der Waals surface area contributed by atoms with Crippen LogP contribution in [0.25, 0.3) is 11.2 Å². The Bertz CT molecular complexity index is 430. The van der Waals surface area contributed by atoms with Gasteiger partial charge in [-0.2, -0.15) is 0 Å². The molecule has 2 aromatic rings. The molecule has 2 aromatic heterocycles. The van der Waals surface area contributed by atoms with Gasteiger partial charge < -0.3 is 0 Å². The molecular weight excluding hydrogens is 148 g/mol. The fourth-order valence-electron chi connectivity index (χ4n) is 0.952. The zero-order valence-electron chi connectivity index (χ0n) is 6.23. The first-order chi connectivity index (χ1) is 5.79. The van der Waals surface area contributed by atoms with E-state index >= 15 is 0 Å². The van der Waals surface area contributed by atoms with Gasteiger partial charge in [-0.05, 0) is 0 Å². The maximum Gasteiger partial charge on any atom is 0.177 e. The zero-order valence-corrected chi connectivity index (χ0v) is 6.23. The first kappa shape index (κ1) is 7.28. The predicted octanol–water partition coefficient (Wildman–Crippen LogP) is -1.39. The first-order valence-electron chi connectivity index (χ1n) is 3.39. The highest BCUT2D eigenvalue weighted by Gasteiger charge is 2.00. The van der Waals surface area contributed by atoms with Gasteiger partial charge in [0.15, 0.2) is 5.65 Å². The maximum absolute atomic E-state index is 5.65. The molecule has 0 spiro atoms. The van der Waals surface area contributed by atoms with Crippen LogP contribution in [-0.2, 0) is 0 Å². The molecule has 0 aromatic carbocycles. The SMILES string of the molecule is [B]c1cnc2nccnc2c1[B]. The molecule has 0 fully saturated rings. The third-order valence-electron chi connectivity index (χ3n) is 1.57. The highest BCUT2D eigenvalue weighted by molar-refractivity contribution is 6.51. The standard InChI is InChI=1S/C7H3B2N3/c8-4-3-12-7-6(5(4)9)10-1-2-11-7/h1-3H. The van der Waals surface area contributed by atoms with Crippen LogP contribution in [0.1, 0.15) is 0 Å². The highest BCUT2D eigenvalue weighted by Crippen LogP contribution is 1.96. The number of aromatic nitrogens is 3. The Balaban J connectivity index is 2.91. The molecule has 0 unspecified atom stereocenters. The quantitative estimate of drug-likeness (QED) is 0.435. The van der Waals surface area contributed by atoms with Crippen molar-refractivity contribution in [3.63, 3.8) is 0 Å². The molecule has 0 aliphatic carbocycles. The molecule has 0 amide bonds. The molecule has 0 bridgehead atoms. The van der Waals surface area contributed by atoms with E-state index in [4.69, 9.17) is 15.7 Å². The van der Waals surface area contributed by atoms with Crippen molar-refractivity contribution in [2.75, 3.05) is 0 Å². The summed E-state index contributed by atoms with van der Waals surface area (Å²) in [5.41, 5.74) is 1.94. The molecule has 0 aliphatic heterocycles. The minimum Gasteiger partial charge on any atom is -0.252 e. The normalized spacial score (nSPS) is 10.3. The summed E-state index contributed by atoms with van der Waals surface area (Å²) in [6.45, 7) is 0. The average molecular weight is 151 g/mol. The fraction of sp³-hybridized carbons (Fsp3) is 0. The van der Waals surface area contributed by atoms with Crippen molar-refractivity contribution in [1.29, 1.82) is 0 Å². The highest BCUT2D eigenvalue weighted by atomic mass is 14.9. The zero-order chi connectivity index (χ0) is 8.55. The van der Waals surface area contributed by atoms with Crippen molar-refractivity contribution < 1.29 is 0 Å². The minimum absolute atomic E-state index is 0.433. The number of pyridine rings is 1. The predicted molar refractivity (Wildman–Crippen MR) is 48.1 cm³/mol. The molecular formula is C7H3B2N3. The Morgan fingerprint density at radius 2 is 1.75 bits per heavy atom. The van der Waals surface area contributed by atoms with Crippen LogP contribution in [0.15, 0.2) is 18.6 Å². The van der Waals surface area contributed by atoms with Crippen molar-refractivity contribution >= 4 is 37.8 Å². The van der Waals surface area contributed by atoms with Crippen LogP contribution in [-0.4, -0.2) is 30.6 Å². The summed E-state index contributed by atoms with van der Waals surface area (Å²) in [4.78, 5) is 11.9. The molecule has 12 heavy (non-hydrogen) atoms. The number of fused-ring (bicyclic) bond motifs is 1. The number of hydrogen-bond acceptors (Lipinski definition) is 3. The van der Waals surface area contributed by atoms with Crippen molar-refractivity contribution in [1.82, 2.24) is 15.0 Å². The molecule has 0 saturated carbocycles. The number of rotatable bonds is 0. The van der Waals surface area contributed by atoms with Crippen molar-refractivity contribution in [2.24, 2.45) is 0 Å². The van der Waals surface area contributed by atoms with Gasteiger partial charge in [0.25, 0.3) is 0 Å². The van der Waals surface area contributed by atoms with E-state index in [0.717, 1.165) is 0 Å². The molecule has 3 nitrogen and oxygen atoms in total. The van der Waals surface area contributed by atoms with Crippen LogP contribution in [0, 0.1) is 0 Å². The Morgan fingerprint density at radius 1 is 1.00 bits per heavy atom. The molecule has 52 valence electrons. The Morgan fingerprint density at radius 3 is 2.58 bits per heavy atom. The summed E-state index contributed by atoms with van der Waals surface area (Å²) >= 11 is 0. The molecule has 5 heteroatoms. The second kappa shape index (κ2) is 2.59. The van der Waals surface area contributed by atoms with Gasteiger partial charge >= 0.3 is 0 Å². The smallest absolute Gasteiger partial charge is 0.177 e. The monoisotopic (exact) mass is 151 g/mol. The largest absolute Gasteiger partial charge is 0.252 e. The van der Waals surface area contributed by atoms with Crippen LogP contribution in [0.2, 0.25) is 0 Å². The number of hydrogen-bond donors (Lipinski definition) is 0. The van der Waals surface area contributed by atoms with Crippen LogP contribution < -0.4 is 10.9 Å². The molecule has 2 rings (SSSR count). The molecule has 0 N–H and O–H groups in total. The van der Waals surface area contributed by atoms with Crippen molar-refractivity contribution in [3.8, 4) is 0 Å². The molecule has 0 atom stereocenters. The molecule has 2 heterocycles. The van der Waals surface area contributed by atoms with Crippen LogP contribution in [0.3, 0.4) is 0 Å². The van der Waals surface area contributed by atoms with Crippen molar-refractivity contribution in [2.45, 2.75) is 0 Å². The van der Waals surface area contributed by atoms with E-state index in [2.05, 4.69) is 15.0 Å². The van der Waals surface area contributed by atoms with E-state index in [-0.39, 0.29) is 0 Å². The topological polar surface area (TPSA) is 38.7 Å². The lowest BCUT2D eigenvalue weighted by Crippen LogP contribution is -2.27. The van der Waals surface area contributed by atoms with E-state index in [9.17, 15) is 0 Å². The average Bonchev–Trinajstić information content (AvgIpc) is 2.12. The molecule has 4 radical (unpaired) electrons. The van der Waals surface area contributed by atoms with Gasteiger partial charge in [0.1, 0.15) is 21.2 Å². The lowest BCUT2D eigenvalue weighted by Gasteiger charge is -2.02. The lowest BCUT2D eigenvalue weighted by molar-refractivity contribution is 1.24. The summed E-state index contributed by atoms with van der Waals surface area (Å²) in [5, 5.41) is 0. The van der Waals surface area contributed by atoms with Crippen LogP contribution in [0.4, 0.5) is 0 Å². The van der Waals surface area contributed by atoms with Gasteiger partial charge in [0.05, 0.1) is 0 Å². The maximum atomic E-state index is 5.65. The van der Waals surface area contributed by atoms with E-state index < -0.39 is 0 Å². The fourth-order valence-corrected chi connectivity index (χ4v) is 0.952. The summed E-state index contributed by atoms with van der Waals surface area (Å²) in [6, 6.07) is 0. The van der Waals surface area contributed by atoms with Gasteiger partial charge in [-0.3, -0.25) is 4.98 Å². The van der Waals surface area contributed by atoms with Crippen LogP contribution >= 0.6 is 0 Å². The molecule has 0 aliphatic rings. The minimum atomic E-state index is 0.433. The van der Waals surface area contributed by atoms with Crippen molar-refractivity contribution in [3.05, 3.63) is 18.6 Å². The second-order valence-electron chi connectivity index (χ2n) is 2.36. The van der Waals surface area contributed by atoms with Gasteiger partial charge in [-0.1, -0.05) is 10.9 Å². The van der Waals surface area contributed by atoms with E-state index in [1.54, 1.807) is 12.4 Å². The second-order valence-corrected chi connectivity index (χ2v) is 2.36. The third-order valence-corrected chi connectivity index (χ3v) is 1.57. The Labute approximate surface area is 72.1 Å². The Hall–Kier alpha value is -1.38. The molecule has 0 saturated heterocycles. The van der Waals surface area contributed by atoms with Gasteiger partial charge in [0, 0.05) is 18.6 Å². The van der Waals surface area contributed by atoms with E-state index in [1.807, 2.05) is 0 Å². The van der Waals surface area contributed by atoms with E-state index in [0.29, 0.717) is 22.1 Å². The summed E-state index contributed by atoms with van der Waals surface area (Å²) < 4.78 is 0. The van der Waals surface area contributed by atoms with Gasteiger partial charge in [0.2, 0.25) is 0 Å². The van der Waals surface area contributed by atoms with E-state index in [1.165, 1.54) is 6.20 Å². The summed E-state index contributed by atoms with van der Waals surface area (Å²) in [7, 11) is 11.2. The van der Waals surface area contributed by atoms with Crippen LogP contribution in [0.5, 0.6) is 0 Å². The first-order valence-corrected chi connectivity index (χ1v) is 3.39. The third kappa shape index (κ3) is 0.978. The van der Waals surface area contributed by atoms with Gasteiger partial charge in [-0.25, -0.2) is 9.97 Å². The summed E-state index contributed by atoms with van der Waals surface area (Å²) in [6.07, 6.45) is 4.59. The summed E-state index contributed by atoms with van der Waals surface area (Å²) in [5.74, 6) is 0. The van der Waals surface area contributed by atoms with Gasteiger partial charge in [-0.15, -0.1) is 0 Å². The lowest BCUT2D eigenvalue weighted by atomic mass is 9.81. The number of nitrogens with zero attached hydrogens (tertiary/aromatic N) is 3. The Kier molecular flexibility index (Phi) is 1.57.